The highest BCUT2D eigenvalue weighted by Crippen LogP contribution is 2.17. The maximum absolute atomic E-state index is 12.0. The van der Waals surface area contributed by atoms with Crippen LogP contribution in [0.15, 0.2) is 42.6 Å². The van der Waals surface area contributed by atoms with E-state index < -0.39 is 0 Å². The molecule has 1 aromatic heterocycles. The molecule has 1 amide bonds. The van der Waals surface area contributed by atoms with Crippen molar-refractivity contribution in [2.45, 2.75) is 0 Å². The number of carbonyl (C=O) groups excluding carboxylic acids is 1. The molecule has 1 aromatic carbocycles. The van der Waals surface area contributed by atoms with Crippen LogP contribution in [0.3, 0.4) is 0 Å². The fraction of sp³-hybridized carbons (Fsp3) is 0.0769. The highest BCUT2D eigenvalue weighted by molar-refractivity contribution is 6.04. The maximum atomic E-state index is 12.0. The number of anilines is 2. The Morgan fingerprint density at radius 2 is 2.16 bits per heavy atom. The van der Waals surface area contributed by atoms with Gasteiger partial charge in [-0.1, -0.05) is 6.07 Å². The number of benzene rings is 1. The van der Waals surface area contributed by atoms with Crippen molar-refractivity contribution in [3.05, 3.63) is 48.2 Å². The van der Waals surface area contributed by atoms with Crippen LogP contribution in [0, 0.1) is 0 Å². The van der Waals surface area contributed by atoms with Crippen LogP contribution in [-0.2, 0) is 0 Å². The summed E-state index contributed by atoms with van der Waals surface area (Å²) in [7, 11) is 1.57. The van der Waals surface area contributed by atoms with Gasteiger partial charge in [0.25, 0.3) is 5.91 Å². The van der Waals surface area contributed by atoms with Gasteiger partial charge in [-0.05, 0) is 24.3 Å². The normalized spacial score (nSPS) is 9.79. The van der Waals surface area contributed by atoms with E-state index in [0.29, 0.717) is 22.8 Å². The molecule has 6 heteroatoms. The molecule has 0 spiro atoms. The summed E-state index contributed by atoms with van der Waals surface area (Å²) in [6.07, 6.45) is 1.45. The number of aromatic nitrogens is 1. The van der Waals surface area contributed by atoms with Crippen molar-refractivity contribution < 1.29 is 9.53 Å². The molecular weight excluding hydrogens is 244 g/mol. The molecular formula is C13H14N4O2. The Kier molecular flexibility index (Phi) is 3.94. The third-order valence-corrected chi connectivity index (χ3v) is 2.50. The van der Waals surface area contributed by atoms with E-state index in [-0.39, 0.29) is 5.91 Å². The topological polar surface area (TPSA) is 89.3 Å². The minimum Gasteiger partial charge on any atom is -0.497 e. The Hall–Kier alpha value is -2.60. The Labute approximate surface area is 110 Å². The molecule has 4 N–H and O–H groups in total. The van der Waals surface area contributed by atoms with Gasteiger partial charge in [-0.15, -0.1) is 0 Å². The smallest absolute Gasteiger partial charge is 0.257 e. The number of nitrogen functional groups attached to an aromatic ring is 1. The summed E-state index contributed by atoms with van der Waals surface area (Å²) in [6.45, 7) is 0. The zero-order chi connectivity index (χ0) is 13.7. The highest BCUT2D eigenvalue weighted by Gasteiger charge is 2.07. The zero-order valence-electron chi connectivity index (χ0n) is 10.4. The Morgan fingerprint density at radius 1 is 1.32 bits per heavy atom. The molecule has 0 atom stereocenters. The Bertz CT molecular complexity index is 569. The molecule has 0 unspecified atom stereocenters. The third kappa shape index (κ3) is 3.20. The molecule has 0 saturated carbocycles. The van der Waals surface area contributed by atoms with Crippen LogP contribution in [0.25, 0.3) is 0 Å². The van der Waals surface area contributed by atoms with Crippen molar-refractivity contribution in [2.24, 2.45) is 5.84 Å². The van der Waals surface area contributed by atoms with E-state index in [1.807, 2.05) is 0 Å². The fourth-order valence-corrected chi connectivity index (χ4v) is 1.52. The largest absolute Gasteiger partial charge is 0.497 e. The van der Waals surface area contributed by atoms with Gasteiger partial charge in [0.1, 0.15) is 11.6 Å². The molecule has 98 valence electrons. The summed E-state index contributed by atoms with van der Waals surface area (Å²) >= 11 is 0. The molecule has 1 heterocycles. The lowest BCUT2D eigenvalue weighted by atomic mass is 10.2. The molecule has 0 bridgehead atoms. The Balaban J connectivity index is 2.11. The molecule has 0 radical (unpaired) electrons. The van der Waals surface area contributed by atoms with Crippen LogP contribution in [0.2, 0.25) is 0 Å². The van der Waals surface area contributed by atoms with Crippen LogP contribution in [0.1, 0.15) is 10.4 Å². The van der Waals surface area contributed by atoms with Crippen LogP contribution >= 0.6 is 0 Å². The molecule has 2 rings (SSSR count). The second kappa shape index (κ2) is 5.83. The molecule has 0 aliphatic heterocycles. The Morgan fingerprint density at radius 3 is 2.79 bits per heavy atom. The molecule has 19 heavy (non-hydrogen) atoms. The predicted molar refractivity (Wildman–Crippen MR) is 73.0 cm³/mol. The van der Waals surface area contributed by atoms with Gasteiger partial charge < -0.3 is 15.5 Å². The number of amides is 1. The van der Waals surface area contributed by atoms with Crippen molar-refractivity contribution in [1.82, 2.24) is 4.98 Å². The van der Waals surface area contributed by atoms with Crippen LogP contribution in [0.5, 0.6) is 5.75 Å². The van der Waals surface area contributed by atoms with Crippen molar-refractivity contribution in [1.29, 1.82) is 0 Å². The maximum Gasteiger partial charge on any atom is 0.257 e. The van der Waals surface area contributed by atoms with E-state index in [9.17, 15) is 4.79 Å². The third-order valence-electron chi connectivity index (χ3n) is 2.50. The first-order valence-corrected chi connectivity index (χ1v) is 5.61. The summed E-state index contributed by atoms with van der Waals surface area (Å²) in [6, 6.07) is 10.4. The minimum atomic E-state index is -0.246. The fourth-order valence-electron chi connectivity index (χ4n) is 1.52. The SMILES string of the molecule is COc1cccc(NC(=O)c2ccc(NN)nc2)c1. The number of nitrogens with one attached hydrogen (secondary N) is 2. The van der Waals surface area contributed by atoms with Gasteiger partial charge in [0.2, 0.25) is 0 Å². The molecule has 0 saturated heterocycles. The van der Waals surface area contributed by atoms with Crippen molar-refractivity contribution in [3.8, 4) is 5.75 Å². The first-order valence-electron chi connectivity index (χ1n) is 5.61. The highest BCUT2D eigenvalue weighted by atomic mass is 16.5. The van der Waals surface area contributed by atoms with Gasteiger partial charge in [0.05, 0.1) is 12.7 Å². The molecule has 2 aromatic rings. The van der Waals surface area contributed by atoms with E-state index >= 15 is 0 Å². The minimum absolute atomic E-state index is 0.246. The number of hydrazine groups is 1. The number of hydrogen-bond acceptors (Lipinski definition) is 5. The number of hydrogen-bond donors (Lipinski definition) is 3. The van der Waals surface area contributed by atoms with Gasteiger partial charge in [0, 0.05) is 18.0 Å². The lowest BCUT2D eigenvalue weighted by Crippen LogP contribution is -2.13. The van der Waals surface area contributed by atoms with E-state index in [1.165, 1.54) is 6.20 Å². The lowest BCUT2D eigenvalue weighted by molar-refractivity contribution is 0.102. The summed E-state index contributed by atoms with van der Waals surface area (Å²) < 4.78 is 5.09. The number of nitrogens with zero attached hydrogens (tertiary/aromatic N) is 1. The summed E-state index contributed by atoms with van der Waals surface area (Å²) in [5, 5.41) is 2.76. The molecule has 0 aliphatic carbocycles. The zero-order valence-corrected chi connectivity index (χ0v) is 10.4. The standard InChI is InChI=1S/C13H14N4O2/c1-19-11-4-2-3-10(7-11)16-13(18)9-5-6-12(17-14)15-8-9/h2-8H,14H2,1H3,(H,15,17)(H,16,18). The lowest BCUT2D eigenvalue weighted by Gasteiger charge is -2.07. The first-order chi connectivity index (χ1) is 9.22. The number of ether oxygens (including phenoxy) is 1. The summed E-state index contributed by atoms with van der Waals surface area (Å²) in [5.74, 6) is 6.14. The number of rotatable bonds is 4. The predicted octanol–water partition coefficient (Wildman–Crippen LogP) is 1.63. The van der Waals surface area contributed by atoms with Crippen molar-refractivity contribution >= 4 is 17.4 Å². The summed E-state index contributed by atoms with van der Waals surface area (Å²) in [4.78, 5) is 15.9. The number of methoxy groups -OCH3 is 1. The average molecular weight is 258 g/mol. The monoisotopic (exact) mass is 258 g/mol. The average Bonchev–Trinajstić information content (AvgIpc) is 2.47. The van der Waals surface area contributed by atoms with Gasteiger partial charge in [0.15, 0.2) is 0 Å². The van der Waals surface area contributed by atoms with E-state index in [4.69, 9.17) is 10.6 Å². The van der Waals surface area contributed by atoms with Gasteiger partial charge in [-0.25, -0.2) is 10.8 Å². The van der Waals surface area contributed by atoms with E-state index in [1.54, 1.807) is 43.5 Å². The van der Waals surface area contributed by atoms with Crippen LogP contribution < -0.4 is 21.3 Å². The van der Waals surface area contributed by atoms with Crippen molar-refractivity contribution in [3.63, 3.8) is 0 Å². The van der Waals surface area contributed by atoms with E-state index in [2.05, 4.69) is 15.7 Å². The van der Waals surface area contributed by atoms with Crippen molar-refractivity contribution in [2.75, 3.05) is 17.9 Å². The molecule has 0 aliphatic rings. The van der Waals surface area contributed by atoms with Crippen LogP contribution in [0.4, 0.5) is 11.5 Å². The van der Waals surface area contributed by atoms with Gasteiger partial charge in [-0.3, -0.25) is 4.79 Å². The van der Waals surface area contributed by atoms with Crippen LogP contribution in [-0.4, -0.2) is 18.0 Å². The number of carbonyl (C=O) groups is 1. The number of nitrogens with two attached hydrogens (primary N) is 1. The molecule has 6 nitrogen and oxygen atoms in total. The number of pyridine rings is 1. The quantitative estimate of drug-likeness (QED) is 0.573. The second-order valence-corrected chi connectivity index (χ2v) is 3.76. The summed E-state index contributed by atoms with van der Waals surface area (Å²) in [5.41, 5.74) is 3.50. The molecule has 0 fully saturated rings. The first kappa shape index (κ1) is 12.8. The van der Waals surface area contributed by atoms with E-state index in [0.717, 1.165) is 0 Å². The van der Waals surface area contributed by atoms with Gasteiger partial charge in [-0.2, -0.15) is 0 Å². The second-order valence-electron chi connectivity index (χ2n) is 3.76. The van der Waals surface area contributed by atoms with Gasteiger partial charge >= 0.3 is 0 Å².